The zero-order valence-corrected chi connectivity index (χ0v) is 10.8. The highest BCUT2D eigenvalue weighted by atomic mass is 16.3. The monoisotopic (exact) mass is 269 g/mol. The van der Waals surface area contributed by atoms with Crippen molar-refractivity contribution in [3.05, 3.63) is 54.4 Å². The molecule has 0 unspecified atom stereocenters. The maximum atomic E-state index is 11.6. The second-order valence-electron chi connectivity index (χ2n) is 4.47. The largest absolute Gasteiger partial charge is 0.449 e. The minimum Gasteiger partial charge on any atom is -0.449 e. The van der Waals surface area contributed by atoms with Gasteiger partial charge in [-0.25, -0.2) is 4.79 Å². The second kappa shape index (κ2) is 5.52. The van der Waals surface area contributed by atoms with Crippen LogP contribution in [0.2, 0.25) is 0 Å². The van der Waals surface area contributed by atoms with E-state index in [0.717, 1.165) is 11.9 Å². The number of hydrogen-bond acceptors (Lipinski definition) is 2. The Morgan fingerprint density at radius 3 is 2.95 bits per heavy atom. The number of carbonyl (C=O) groups is 1. The number of para-hydroxylation sites is 1. The van der Waals surface area contributed by atoms with Gasteiger partial charge in [0.2, 0.25) is 5.88 Å². The van der Waals surface area contributed by atoms with Crippen LogP contribution in [0.5, 0.6) is 0 Å². The summed E-state index contributed by atoms with van der Waals surface area (Å²) in [5.41, 5.74) is 2.31. The molecule has 3 aromatic rings. The van der Waals surface area contributed by atoms with Crippen molar-refractivity contribution in [1.82, 2.24) is 10.3 Å². The Balaban J connectivity index is 1.53. The Morgan fingerprint density at radius 2 is 2.10 bits per heavy atom. The van der Waals surface area contributed by atoms with Crippen LogP contribution in [-0.4, -0.2) is 17.6 Å². The Hall–Kier alpha value is -2.69. The van der Waals surface area contributed by atoms with Crippen LogP contribution in [0, 0.1) is 0 Å². The average Bonchev–Trinajstić information content (AvgIpc) is 3.09. The summed E-state index contributed by atoms with van der Waals surface area (Å²) in [5.74, 6) is 0.439. The lowest BCUT2D eigenvalue weighted by Gasteiger charge is -2.05. The average molecular weight is 269 g/mol. The highest BCUT2D eigenvalue weighted by Gasteiger charge is 2.05. The van der Waals surface area contributed by atoms with Crippen LogP contribution < -0.4 is 10.6 Å². The van der Waals surface area contributed by atoms with Crippen LogP contribution in [0.1, 0.15) is 5.56 Å². The molecule has 0 saturated carbocycles. The fourth-order valence-corrected chi connectivity index (χ4v) is 2.15. The number of amides is 2. The number of carbonyl (C=O) groups excluding carboxylic acids is 1. The Morgan fingerprint density at radius 1 is 1.20 bits per heavy atom. The van der Waals surface area contributed by atoms with Gasteiger partial charge < -0.3 is 14.7 Å². The number of anilines is 1. The van der Waals surface area contributed by atoms with Crippen LogP contribution in [0.3, 0.4) is 0 Å². The Labute approximate surface area is 116 Å². The molecule has 0 radical (unpaired) electrons. The number of furan rings is 1. The zero-order valence-electron chi connectivity index (χ0n) is 10.8. The molecule has 0 fully saturated rings. The number of benzene rings is 1. The van der Waals surface area contributed by atoms with Gasteiger partial charge in [-0.3, -0.25) is 5.32 Å². The molecule has 3 rings (SSSR count). The van der Waals surface area contributed by atoms with Crippen molar-refractivity contribution in [2.24, 2.45) is 0 Å². The molecule has 5 nitrogen and oxygen atoms in total. The first-order valence-corrected chi connectivity index (χ1v) is 6.46. The van der Waals surface area contributed by atoms with Gasteiger partial charge in [0.15, 0.2) is 0 Å². The molecule has 0 atom stereocenters. The fourth-order valence-electron chi connectivity index (χ4n) is 2.15. The molecule has 5 heteroatoms. The van der Waals surface area contributed by atoms with Crippen LogP contribution in [0.25, 0.3) is 10.9 Å². The summed E-state index contributed by atoms with van der Waals surface area (Å²) in [4.78, 5) is 14.8. The van der Waals surface area contributed by atoms with Gasteiger partial charge in [0.1, 0.15) is 0 Å². The van der Waals surface area contributed by atoms with E-state index in [1.54, 1.807) is 12.1 Å². The van der Waals surface area contributed by atoms with E-state index in [-0.39, 0.29) is 6.03 Å². The van der Waals surface area contributed by atoms with Crippen molar-refractivity contribution in [3.8, 4) is 0 Å². The normalized spacial score (nSPS) is 10.6. The molecule has 0 spiro atoms. The molecule has 0 bridgehead atoms. The molecule has 0 aliphatic rings. The number of fused-ring (bicyclic) bond motifs is 1. The van der Waals surface area contributed by atoms with Gasteiger partial charge in [-0.05, 0) is 24.1 Å². The number of aromatic amines is 1. The number of nitrogens with one attached hydrogen (secondary N) is 3. The number of aromatic nitrogens is 1. The van der Waals surface area contributed by atoms with Crippen LogP contribution in [-0.2, 0) is 6.42 Å². The maximum Gasteiger partial charge on any atom is 0.321 e. The van der Waals surface area contributed by atoms with Crippen molar-refractivity contribution in [3.63, 3.8) is 0 Å². The highest BCUT2D eigenvalue weighted by Crippen LogP contribution is 2.17. The molecule has 1 aromatic carbocycles. The third-order valence-electron chi connectivity index (χ3n) is 3.11. The zero-order chi connectivity index (χ0) is 13.8. The van der Waals surface area contributed by atoms with Crippen molar-refractivity contribution in [2.75, 3.05) is 11.9 Å². The summed E-state index contributed by atoms with van der Waals surface area (Å²) in [6.45, 7) is 0.564. The van der Waals surface area contributed by atoms with Crippen LogP contribution in [0.4, 0.5) is 10.7 Å². The van der Waals surface area contributed by atoms with E-state index in [1.165, 1.54) is 17.2 Å². The molecule has 2 heterocycles. The lowest BCUT2D eigenvalue weighted by Crippen LogP contribution is -2.30. The van der Waals surface area contributed by atoms with Crippen LogP contribution >= 0.6 is 0 Å². The van der Waals surface area contributed by atoms with Crippen molar-refractivity contribution >= 4 is 22.8 Å². The maximum absolute atomic E-state index is 11.6. The molecule has 0 aliphatic carbocycles. The van der Waals surface area contributed by atoms with E-state index >= 15 is 0 Å². The van der Waals surface area contributed by atoms with Gasteiger partial charge in [0.25, 0.3) is 0 Å². The summed E-state index contributed by atoms with van der Waals surface area (Å²) in [6, 6.07) is 11.3. The molecule has 2 aromatic heterocycles. The number of hydrogen-bond donors (Lipinski definition) is 3. The minimum absolute atomic E-state index is 0.264. The van der Waals surface area contributed by atoms with E-state index < -0.39 is 0 Å². The quantitative estimate of drug-likeness (QED) is 0.681. The first-order chi connectivity index (χ1) is 9.83. The number of urea groups is 1. The molecular weight excluding hydrogens is 254 g/mol. The second-order valence-corrected chi connectivity index (χ2v) is 4.47. The molecule has 0 aliphatic heterocycles. The summed E-state index contributed by atoms with van der Waals surface area (Å²) in [7, 11) is 0. The standard InChI is InChI=1S/C15H15N3O2/c19-15(18-14-6-3-9-20-14)16-8-7-11-10-17-13-5-2-1-4-12(11)13/h1-6,9-10,17H,7-8H2,(H2,16,18,19). The van der Waals surface area contributed by atoms with E-state index in [2.05, 4.69) is 21.7 Å². The Bertz CT molecular complexity index is 701. The van der Waals surface area contributed by atoms with Crippen molar-refractivity contribution in [2.45, 2.75) is 6.42 Å². The Kier molecular flexibility index (Phi) is 3.41. The predicted octanol–water partition coefficient (Wildman–Crippen LogP) is 3.13. The summed E-state index contributed by atoms with van der Waals surface area (Å²) < 4.78 is 5.04. The minimum atomic E-state index is -0.264. The first-order valence-electron chi connectivity index (χ1n) is 6.46. The highest BCUT2D eigenvalue weighted by molar-refractivity contribution is 5.88. The SMILES string of the molecule is O=C(NCCc1c[nH]c2ccccc12)Nc1ccco1. The van der Waals surface area contributed by atoms with Gasteiger partial charge >= 0.3 is 6.03 Å². The topological polar surface area (TPSA) is 70.1 Å². The molecular formula is C15H15N3O2. The summed E-state index contributed by atoms with van der Waals surface area (Å²) in [6.07, 6.45) is 4.27. The third kappa shape index (κ3) is 2.66. The smallest absolute Gasteiger partial charge is 0.321 e. The molecule has 3 N–H and O–H groups in total. The van der Waals surface area contributed by atoms with E-state index in [1.807, 2.05) is 24.4 Å². The predicted molar refractivity (Wildman–Crippen MR) is 77.7 cm³/mol. The van der Waals surface area contributed by atoms with Gasteiger partial charge in [0.05, 0.1) is 6.26 Å². The molecule has 2 amide bonds. The van der Waals surface area contributed by atoms with Gasteiger partial charge in [0, 0.05) is 29.7 Å². The number of H-pyrrole nitrogens is 1. The van der Waals surface area contributed by atoms with Gasteiger partial charge in [-0.15, -0.1) is 0 Å². The lowest BCUT2D eigenvalue weighted by atomic mass is 10.1. The molecule has 20 heavy (non-hydrogen) atoms. The number of rotatable bonds is 4. The molecule has 0 saturated heterocycles. The van der Waals surface area contributed by atoms with Gasteiger partial charge in [-0.1, -0.05) is 18.2 Å². The van der Waals surface area contributed by atoms with E-state index in [4.69, 9.17) is 4.42 Å². The van der Waals surface area contributed by atoms with Crippen molar-refractivity contribution in [1.29, 1.82) is 0 Å². The fraction of sp³-hybridized carbons (Fsp3) is 0.133. The lowest BCUT2D eigenvalue weighted by molar-refractivity contribution is 0.251. The summed E-state index contributed by atoms with van der Waals surface area (Å²) >= 11 is 0. The van der Waals surface area contributed by atoms with Gasteiger partial charge in [-0.2, -0.15) is 0 Å². The van der Waals surface area contributed by atoms with E-state index in [0.29, 0.717) is 12.4 Å². The first kappa shape index (κ1) is 12.3. The van der Waals surface area contributed by atoms with Crippen molar-refractivity contribution < 1.29 is 9.21 Å². The van der Waals surface area contributed by atoms with E-state index in [9.17, 15) is 4.79 Å². The third-order valence-corrected chi connectivity index (χ3v) is 3.11. The molecule has 102 valence electrons. The summed E-state index contributed by atoms with van der Waals surface area (Å²) in [5, 5.41) is 6.61. The van der Waals surface area contributed by atoms with Crippen LogP contribution in [0.15, 0.2) is 53.3 Å².